The summed E-state index contributed by atoms with van der Waals surface area (Å²) in [5, 5.41) is 3.42. The van der Waals surface area contributed by atoms with Gasteiger partial charge in [0.05, 0.1) is 17.1 Å². The molecule has 33 heavy (non-hydrogen) atoms. The number of imidazole rings is 1. The first-order valence-corrected chi connectivity index (χ1v) is 11.6. The third kappa shape index (κ3) is 4.69. The van der Waals surface area contributed by atoms with Crippen molar-refractivity contribution in [2.75, 3.05) is 18.5 Å². The molecule has 9 heteroatoms. The molecule has 1 saturated carbocycles. The lowest BCUT2D eigenvalue weighted by Gasteiger charge is -2.26. The van der Waals surface area contributed by atoms with Gasteiger partial charge in [0, 0.05) is 43.7 Å². The number of nitrogens with two attached hydrogens (primary N) is 1. The minimum Gasteiger partial charge on any atom is -0.381 e. The Balaban J connectivity index is 1.52. The summed E-state index contributed by atoms with van der Waals surface area (Å²) in [4.78, 5) is 22.6. The Bertz CT molecular complexity index is 1140. The van der Waals surface area contributed by atoms with Gasteiger partial charge in [0.1, 0.15) is 5.82 Å². The van der Waals surface area contributed by atoms with Gasteiger partial charge in [0.15, 0.2) is 0 Å². The molecule has 3 heterocycles. The summed E-state index contributed by atoms with van der Waals surface area (Å²) in [6.45, 7) is 1.25. The maximum atomic E-state index is 13.6. The Morgan fingerprint density at radius 2 is 1.76 bits per heavy atom. The van der Waals surface area contributed by atoms with Crippen LogP contribution in [-0.4, -0.2) is 44.4 Å². The summed E-state index contributed by atoms with van der Waals surface area (Å²) < 4.78 is 22.4. The highest BCUT2D eigenvalue weighted by molar-refractivity contribution is 5.59. The van der Waals surface area contributed by atoms with Crippen molar-refractivity contribution in [1.29, 1.82) is 0 Å². The summed E-state index contributed by atoms with van der Waals surface area (Å²) in [6.07, 6.45) is 9.02. The average Bonchev–Trinajstić information content (AvgIpc) is 3.19. The first-order chi connectivity index (χ1) is 16.1. The van der Waals surface area contributed by atoms with Crippen LogP contribution in [-0.2, 0) is 4.74 Å². The van der Waals surface area contributed by atoms with E-state index in [0.29, 0.717) is 36.2 Å². The van der Waals surface area contributed by atoms with Gasteiger partial charge < -0.3 is 15.8 Å². The molecule has 2 aliphatic rings. The Hall–Kier alpha value is -3.04. The van der Waals surface area contributed by atoms with Crippen molar-refractivity contribution in [1.82, 2.24) is 19.1 Å². The molecule has 0 spiro atoms. The molecule has 1 saturated heterocycles. The number of benzene rings is 1. The Morgan fingerprint density at radius 1 is 1.03 bits per heavy atom. The third-order valence-electron chi connectivity index (χ3n) is 6.61. The number of hydrogen-bond acceptors (Lipinski definition) is 6. The molecule has 0 amide bonds. The van der Waals surface area contributed by atoms with Crippen LogP contribution in [0.15, 0.2) is 47.5 Å². The van der Waals surface area contributed by atoms with Gasteiger partial charge >= 0.3 is 5.69 Å². The summed E-state index contributed by atoms with van der Waals surface area (Å²) in [6, 6.07) is 8.34. The van der Waals surface area contributed by atoms with Gasteiger partial charge in [0.2, 0.25) is 5.95 Å². The first-order valence-electron chi connectivity index (χ1n) is 11.6. The molecule has 1 aromatic carbocycles. The van der Waals surface area contributed by atoms with Crippen LogP contribution >= 0.6 is 0 Å². The normalized spacial score (nSPS) is 21.8. The zero-order valence-electron chi connectivity index (χ0n) is 18.5. The minimum atomic E-state index is -0.349. The van der Waals surface area contributed by atoms with Crippen LogP contribution in [0.2, 0.25) is 0 Å². The lowest BCUT2D eigenvalue weighted by atomic mass is 9.92. The standard InChI is InChI=1S/C24H29FN6O2/c25-16-1-7-20(8-2-16)31-22(15-30(24(31)32)19-10-13-33-14-11-19)21-9-12-27-23(29-21)28-18-5-3-17(26)4-6-18/h1-2,7-9,12,15,17-19H,3-6,10-11,13-14,26H2,(H,27,28,29)/t17-,18-. The molecule has 0 atom stereocenters. The van der Waals surface area contributed by atoms with Gasteiger partial charge in [0.25, 0.3) is 0 Å². The molecule has 1 aliphatic carbocycles. The summed E-state index contributed by atoms with van der Waals surface area (Å²) >= 11 is 0. The van der Waals surface area contributed by atoms with Crippen molar-refractivity contribution in [2.24, 2.45) is 5.73 Å². The number of rotatable bonds is 5. The van der Waals surface area contributed by atoms with E-state index in [-0.39, 0.29) is 29.6 Å². The highest BCUT2D eigenvalue weighted by Crippen LogP contribution is 2.26. The van der Waals surface area contributed by atoms with Gasteiger partial charge in [-0.25, -0.2) is 19.2 Å². The van der Waals surface area contributed by atoms with E-state index >= 15 is 0 Å². The largest absolute Gasteiger partial charge is 0.381 e. The van der Waals surface area contributed by atoms with Crippen molar-refractivity contribution in [2.45, 2.75) is 56.7 Å². The molecule has 0 unspecified atom stereocenters. The molecule has 2 fully saturated rings. The summed E-state index contributed by atoms with van der Waals surface area (Å²) in [5.74, 6) is 0.183. The predicted molar refractivity (Wildman–Crippen MR) is 124 cm³/mol. The van der Waals surface area contributed by atoms with Crippen LogP contribution in [0.25, 0.3) is 17.1 Å². The van der Waals surface area contributed by atoms with Crippen LogP contribution < -0.4 is 16.7 Å². The predicted octanol–water partition coefficient (Wildman–Crippen LogP) is 3.27. The third-order valence-corrected chi connectivity index (χ3v) is 6.61. The van der Waals surface area contributed by atoms with Crippen LogP contribution in [0.1, 0.15) is 44.6 Å². The molecule has 174 valence electrons. The Morgan fingerprint density at radius 3 is 2.48 bits per heavy atom. The number of nitrogens with one attached hydrogen (secondary N) is 1. The van der Waals surface area contributed by atoms with E-state index in [4.69, 9.17) is 15.5 Å². The summed E-state index contributed by atoms with van der Waals surface area (Å²) in [7, 11) is 0. The van der Waals surface area contributed by atoms with E-state index in [1.165, 1.54) is 12.1 Å². The molecule has 8 nitrogen and oxygen atoms in total. The molecule has 0 bridgehead atoms. The number of halogens is 1. The van der Waals surface area contributed by atoms with E-state index in [1.807, 2.05) is 6.20 Å². The van der Waals surface area contributed by atoms with Gasteiger partial charge in [-0.05, 0) is 68.9 Å². The Labute approximate surface area is 191 Å². The molecule has 2 aromatic heterocycles. The van der Waals surface area contributed by atoms with Crippen molar-refractivity contribution in [3.8, 4) is 17.1 Å². The molecule has 3 aromatic rings. The van der Waals surface area contributed by atoms with Crippen molar-refractivity contribution in [3.05, 3.63) is 59.0 Å². The SMILES string of the molecule is N[C@H]1CC[C@H](Nc2nccc(-c3cn(C4CCOCC4)c(=O)n3-c3ccc(F)cc3)n2)CC1. The Kier molecular flexibility index (Phi) is 6.24. The highest BCUT2D eigenvalue weighted by atomic mass is 19.1. The zero-order valence-corrected chi connectivity index (χ0v) is 18.5. The molecular weight excluding hydrogens is 423 g/mol. The van der Waals surface area contributed by atoms with Gasteiger partial charge in [-0.2, -0.15) is 0 Å². The van der Waals surface area contributed by atoms with Crippen molar-refractivity contribution in [3.63, 3.8) is 0 Å². The number of anilines is 1. The number of aromatic nitrogens is 4. The van der Waals surface area contributed by atoms with E-state index in [1.54, 1.807) is 33.5 Å². The zero-order chi connectivity index (χ0) is 22.8. The second kappa shape index (κ2) is 9.44. The molecule has 0 radical (unpaired) electrons. The van der Waals surface area contributed by atoms with Crippen molar-refractivity contribution < 1.29 is 9.13 Å². The van der Waals surface area contributed by atoms with Crippen LogP contribution in [0.3, 0.4) is 0 Å². The monoisotopic (exact) mass is 452 g/mol. The van der Waals surface area contributed by atoms with E-state index in [2.05, 4.69) is 10.3 Å². The number of ether oxygens (including phenoxy) is 1. The number of hydrogen-bond donors (Lipinski definition) is 2. The van der Waals surface area contributed by atoms with E-state index < -0.39 is 0 Å². The van der Waals surface area contributed by atoms with Crippen LogP contribution in [0, 0.1) is 5.82 Å². The lowest BCUT2D eigenvalue weighted by Crippen LogP contribution is -2.33. The van der Waals surface area contributed by atoms with Gasteiger partial charge in [-0.3, -0.25) is 9.13 Å². The smallest absolute Gasteiger partial charge is 0.333 e. The fourth-order valence-electron chi connectivity index (χ4n) is 4.73. The van der Waals surface area contributed by atoms with Crippen LogP contribution in [0.4, 0.5) is 10.3 Å². The molecule has 5 rings (SSSR count). The van der Waals surface area contributed by atoms with Gasteiger partial charge in [-0.15, -0.1) is 0 Å². The quantitative estimate of drug-likeness (QED) is 0.616. The number of nitrogens with zero attached hydrogens (tertiary/aromatic N) is 4. The topological polar surface area (TPSA) is 100.0 Å². The lowest BCUT2D eigenvalue weighted by molar-refractivity contribution is 0.0686. The van der Waals surface area contributed by atoms with Crippen molar-refractivity contribution >= 4 is 5.95 Å². The average molecular weight is 453 g/mol. The second-order valence-electron chi connectivity index (χ2n) is 8.88. The summed E-state index contributed by atoms with van der Waals surface area (Å²) in [5.41, 5.74) is 7.73. The van der Waals surface area contributed by atoms with Gasteiger partial charge in [-0.1, -0.05) is 0 Å². The molecule has 1 aliphatic heterocycles. The molecule has 3 N–H and O–H groups in total. The molecular formula is C24H29FN6O2. The first kappa shape index (κ1) is 21.8. The fraction of sp³-hybridized carbons (Fsp3) is 0.458. The second-order valence-corrected chi connectivity index (χ2v) is 8.88. The maximum absolute atomic E-state index is 13.6. The van der Waals surface area contributed by atoms with E-state index in [0.717, 1.165) is 38.5 Å². The fourth-order valence-corrected chi connectivity index (χ4v) is 4.73. The van der Waals surface area contributed by atoms with Crippen LogP contribution in [0.5, 0.6) is 0 Å². The highest BCUT2D eigenvalue weighted by Gasteiger charge is 2.24. The maximum Gasteiger partial charge on any atom is 0.333 e. The minimum absolute atomic E-state index is 0.0533. The van der Waals surface area contributed by atoms with E-state index in [9.17, 15) is 9.18 Å².